The third-order valence-corrected chi connectivity index (χ3v) is 3.07. The van der Waals surface area contributed by atoms with Crippen molar-refractivity contribution in [3.63, 3.8) is 0 Å². The number of halogens is 4. The molecule has 1 N–H and O–H groups in total. The van der Waals surface area contributed by atoms with Gasteiger partial charge in [-0.2, -0.15) is 17.6 Å². The van der Waals surface area contributed by atoms with E-state index in [0.29, 0.717) is 10.7 Å². The molecule has 0 aliphatic rings. The van der Waals surface area contributed by atoms with Gasteiger partial charge in [0.25, 0.3) is 0 Å². The summed E-state index contributed by atoms with van der Waals surface area (Å²) in [6.07, 6.45) is 1.59. The van der Waals surface area contributed by atoms with Crippen LogP contribution in [-0.4, -0.2) is 18.2 Å². The van der Waals surface area contributed by atoms with Crippen molar-refractivity contribution in [1.29, 1.82) is 0 Å². The lowest BCUT2D eigenvalue weighted by Crippen LogP contribution is -2.08. The van der Waals surface area contributed by atoms with E-state index in [-0.39, 0.29) is 18.0 Å². The summed E-state index contributed by atoms with van der Waals surface area (Å²) < 4.78 is 57.4. The van der Waals surface area contributed by atoms with Crippen LogP contribution in [0.2, 0.25) is 0 Å². The number of thiazole rings is 1. The van der Waals surface area contributed by atoms with Gasteiger partial charge >= 0.3 is 13.2 Å². The van der Waals surface area contributed by atoms with Gasteiger partial charge in [-0.15, -0.1) is 11.3 Å². The zero-order valence-corrected chi connectivity index (χ0v) is 11.2. The van der Waals surface area contributed by atoms with Gasteiger partial charge in [-0.3, -0.25) is 0 Å². The Bertz CT molecular complexity index is 566. The largest absolute Gasteiger partial charge is 0.435 e. The highest BCUT2D eigenvalue weighted by atomic mass is 32.1. The van der Waals surface area contributed by atoms with E-state index < -0.39 is 13.2 Å². The number of hydrogen-bond acceptors (Lipinski definition) is 5. The molecule has 1 heterocycles. The van der Waals surface area contributed by atoms with Crippen LogP contribution in [0.15, 0.2) is 29.8 Å². The lowest BCUT2D eigenvalue weighted by molar-refractivity contribution is -0.0546. The summed E-state index contributed by atoms with van der Waals surface area (Å²) in [5.41, 5.74) is 0.368. The molecule has 114 valence electrons. The summed E-state index contributed by atoms with van der Waals surface area (Å²) in [4.78, 5) is 3.97. The van der Waals surface area contributed by atoms with Gasteiger partial charge in [-0.25, -0.2) is 4.98 Å². The number of benzene rings is 1. The molecule has 0 radical (unpaired) electrons. The van der Waals surface area contributed by atoms with Crippen LogP contribution in [0.1, 0.15) is 5.56 Å². The molecular formula is C12H10F4N2O2S. The summed E-state index contributed by atoms with van der Waals surface area (Å²) >= 11 is 1.34. The Morgan fingerprint density at radius 1 is 1.14 bits per heavy atom. The molecule has 0 fully saturated rings. The Balaban J connectivity index is 2.13. The van der Waals surface area contributed by atoms with Crippen molar-refractivity contribution in [2.75, 3.05) is 5.32 Å². The predicted octanol–water partition coefficient (Wildman–Crippen LogP) is 3.96. The molecule has 21 heavy (non-hydrogen) atoms. The van der Waals surface area contributed by atoms with E-state index >= 15 is 0 Å². The van der Waals surface area contributed by atoms with Crippen molar-refractivity contribution in [3.8, 4) is 11.5 Å². The monoisotopic (exact) mass is 322 g/mol. The first-order valence-corrected chi connectivity index (χ1v) is 6.58. The summed E-state index contributed by atoms with van der Waals surface area (Å²) in [5, 5.41) is 5.26. The molecule has 0 spiro atoms. The SMILES string of the molecule is FC(F)Oc1ccc(CNc2nccs2)c(OC(F)F)c1. The first kappa shape index (κ1) is 15.4. The highest BCUT2D eigenvalue weighted by Crippen LogP contribution is 2.28. The van der Waals surface area contributed by atoms with Gasteiger partial charge in [-0.05, 0) is 12.1 Å². The standard InChI is InChI=1S/C12H10F4N2O2S/c13-10(14)19-8-2-1-7(9(5-8)20-11(15)16)6-18-12-17-3-4-21-12/h1-5,10-11H,6H2,(H,17,18). The molecule has 1 aromatic carbocycles. The van der Waals surface area contributed by atoms with Crippen LogP contribution in [-0.2, 0) is 6.54 Å². The predicted molar refractivity (Wildman–Crippen MR) is 69.1 cm³/mol. The summed E-state index contributed by atoms with van der Waals surface area (Å²) in [7, 11) is 0. The minimum absolute atomic E-state index is 0.157. The number of hydrogen-bond donors (Lipinski definition) is 1. The molecule has 0 amide bonds. The van der Waals surface area contributed by atoms with Crippen LogP contribution >= 0.6 is 11.3 Å². The highest BCUT2D eigenvalue weighted by molar-refractivity contribution is 7.13. The van der Waals surface area contributed by atoms with Gasteiger partial charge in [0.05, 0.1) is 0 Å². The molecule has 0 atom stereocenters. The minimum atomic E-state index is -3.06. The first-order valence-electron chi connectivity index (χ1n) is 5.70. The van der Waals surface area contributed by atoms with E-state index in [0.717, 1.165) is 6.07 Å². The Hall–Kier alpha value is -2.03. The Labute approximate surface area is 121 Å². The molecular weight excluding hydrogens is 312 g/mol. The van der Waals surface area contributed by atoms with Crippen LogP contribution in [0.5, 0.6) is 11.5 Å². The maximum Gasteiger partial charge on any atom is 0.387 e. The van der Waals surface area contributed by atoms with Crippen LogP contribution in [0.3, 0.4) is 0 Å². The fourth-order valence-corrected chi connectivity index (χ4v) is 2.07. The fourth-order valence-electron chi connectivity index (χ4n) is 1.54. The van der Waals surface area contributed by atoms with Crippen molar-refractivity contribution in [2.24, 2.45) is 0 Å². The second-order valence-electron chi connectivity index (χ2n) is 3.72. The van der Waals surface area contributed by atoms with Crippen LogP contribution in [0.25, 0.3) is 0 Å². The average molecular weight is 322 g/mol. The average Bonchev–Trinajstić information content (AvgIpc) is 2.89. The molecule has 1 aromatic heterocycles. The second-order valence-corrected chi connectivity index (χ2v) is 4.61. The summed E-state index contributed by atoms with van der Waals surface area (Å²) in [6, 6.07) is 3.62. The Morgan fingerprint density at radius 3 is 2.52 bits per heavy atom. The van der Waals surface area contributed by atoms with E-state index in [1.54, 1.807) is 11.6 Å². The van der Waals surface area contributed by atoms with E-state index in [2.05, 4.69) is 19.8 Å². The van der Waals surface area contributed by atoms with E-state index in [4.69, 9.17) is 0 Å². The summed E-state index contributed by atoms with van der Waals surface area (Å²) in [5.74, 6) is -0.481. The smallest absolute Gasteiger partial charge is 0.387 e. The third-order valence-electron chi connectivity index (χ3n) is 2.34. The van der Waals surface area contributed by atoms with Crippen molar-refractivity contribution in [1.82, 2.24) is 4.98 Å². The van der Waals surface area contributed by atoms with Gasteiger partial charge in [-0.1, -0.05) is 0 Å². The van der Waals surface area contributed by atoms with E-state index in [1.807, 2.05) is 0 Å². The van der Waals surface area contributed by atoms with Crippen molar-refractivity contribution in [3.05, 3.63) is 35.3 Å². The van der Waals surface area contributed by atoms with Crippen LogP contribution in [0.4, 0.5) is 22.7 Å². The number of nitrogens with one attached hydrogen (secondary N) is 1. The van der Waals surface area contributed by atoms with E-state index in [1.165, 1.54) is 23.5 Å². The Kier molecular flexibility index (Phi) is 5.20. The molecule has 9 heteroatoms. The molecule has 4 nitrogen and oxygen atoms in total. The zero-order valence-electron chi connectivity index (χ0n) is 10.4. The number of ether oxygens (including phenoxy) is 2. The number of anilines is 1. The quantitative estimate of drug-likeness (QED) is 0.784. The zero-order chi connectivity index (χ0) is 15.2. The number of rotatable bonds is 7. The first-order chi connectivity index (χ1) is 10.0. The lowest BCUT2D eigenvalue weighted by Gasteiger charge is -2.13. The lowest BCUT2D eigenvalue weighted by atomic mass is 10.2. The molecule has 2 rings (SSSR count). The van der Waals surface area contributed by atoms with Crippen LogP contribution in [0, 0.1) is 0 Å². The molecule has 2 aromatic rings. The molecule has 0 saturated carbocycles. The highest BCUT2D eigenvalue weighted by Gasteiger charge is 2.13. The normalized spacial score (nSPS) is 11.0. The topological polar surface area (TPSA) is 43.4 Å². The number of aromatic nitrogens is 1. The third kappa shape index (κ3) is 4.78. The second kappa shape index (κ2) is 7.11. The van der Waals surface area contributed by atoms with Crippen LogP contribution < -0.4 is 14.8 Å². The maximum atomic E-state index is 12.4. The number of alkyl halides is 4. The minimum Gasteiger partial charge on any atom is -0.435 e. The summed E-state index contributed by atoms with van der Waals surface area (Å²) in [6.45, 7) is -5.95. The van der Waals surface area contributed by atoms with Gasteiger partial charge in [0.1, 0.15) is 11.5 Å². The Morgan fingerprint density at radius 2 is 1.90 bits per heavy atom. The molecule has 0 aliphatic carbocycles. The van der Waals surface area contributed by atoms with E-state index in [9.17, 15) is 17.6 Å². The van der Waals surface area contributed by atoms with Gasteiger partial charge in [0.15, 0.2) is 5.13 Å². The van der Waals surface area contributed by atoms with Crippen molar-refractivity contribution in [2.45, 2.75) is 19.8 Å². The van der Waals surface area contributed by atoms with Crippen molar-refractivity contribution >= 4 is 16.5 Å². The molecule has 0 unspecified atom stereocenters. The van der Waals surface area contributed by atoms with Gasteiger partial charge in [0, 0.05) is 29.8 Å². The van der Waals surface area contributed by atoms with Gasteiger partial charge < -0.3 is 14.8 Å². The fraction of sp³-hybridized carbons (Fsp3) is 0.250. The molecule has 0 bridgehead atoms. The molecule has 0 aliphatic heterocycles. The molecule has 0 saturated heterocycles. The van der Waals surface area contributed by atoms with Crippen molar-refractivity contribution < 1.29 is 27.0 Å². The van der Waals surface area contributed by atoms with Gasteiger partial charge in [0.2, 0.25) is 0 Å². The number of nitrogens with zero attached hydrogens (tertiary/aromatic N) is 1. The maximum absolute atomic E-state index is 12.4.